The molecule has 262 valence electrons. The Hall–Kier alpha value is -3.77. The van der Waals surface area contributed by atoms with Gasteiger partial charge in [0, 0.05) is 24.1 Å². The van der Waals surface area contributed by atoms with Crippen LogP contribution >= 0.6 is 0 Å². The molecule has 3 heterocycles. The minimum Gasteiger partial charge on any atom is -0.324 e. The summed E-state index contributed by atoms with van der Waals surface area (Å²) in [6, 6.07) is 10.3. The van der Waals surface area contributed by atoms with Gasteiger partial charge in [-0.2, -0.15) is 10.1 Å². The molecule has 0 saturated carbocycles. The van der Waals surface area contributed by atoms with E-state index in [9.17, 15) is 0 Å². The summed E-state index contributed by atoms with van der Waals surface area (Å²) in [6.07, 6.45) is 22.0. The molecular weight excluding hydrogens is 589 g/mol. The molecule has 0 spiro atoms. The van der Waals surface area contributed by atoms with Crippen LogP contribution < -0.4 is 10.6 Å². The number of anilines is 2. The molecule has 1 atom stereocenters. The van der Waals surface area contributed by atoms with Crippen molar-refractivity contribution in [3.8, 4) is 5.82 Å². The van der Waals surface area contributed by atoms with Crippen molar-refractivity contribution in [3.63, 3.8) is 0 Å². The largest absolute Gasteiger partial charge is 0.324 e. The number of benzene rings is 1. The Morgan fingerprint density at radius 3 is 2.15 bits per heavy atom. The number of piperidine rings is 1. The van der Waals surface area contributed by atoms with Gasteiger partial charge in [0.2, 0.25) is 5.95 Å². The summed E-state index contributed by atoms with van der Waals surface area (Å²) in [6.45, 7) is 26.2. The number of aryl methyl sites for hydroxylation is 2. The molecule has 2 aromatic heterocycles. The molecule has 2 N–H and O–H groups in total. The second-order valence-electron chi connectivity index (χ2n) is 12.7. The summed E-state index contributed by atoms with van der Waals surface area (Å²) in [4.78, 5) is 9.07. The summed E-state index contributed by atoms with van der Waals surface area (Å²) >= 11 is 0. The quantitative estimate of drug-likeness (QED) is 0.142. The van der Waals surface area contributed by atoms with E-state index in [0.29, 0.717) is 11.9 Å². The van der Waals surface area contributed by atoms with Crippen molar-refractivity contribution >= 4 is 17.2 Å². The Bertz CT molecular complexity index is 1440. The third kappa shape index (κ3) is 13.8. The monoisotopic (exact) mass is 653 g/mol. The fraction of sp³-hybridized carbons (Fsp3) is 0.500. The van der Waals surface area contributed by atoms with Crippen molar-refractivity contribution in [1.82, 2.24) is 25.1 Å². The number of hydrogen-bond acceptors (Lipinski definition) is 5. The molecule has 1 fully saturated rings. The van der Waals surface area contributed by atoms with E-state index in [1.807, 2.05) is 36.9 Å². The van der Waals surface area contributed by atoms with Gasteiger partial charge in [0.05, 0.1) is 5.69 Å². The zero-order chi connectivity index (χ0) is 35.3. The van der Waals surface area contributed by atoms with E-state index in [-0.39, 0.29) is 0 Å². The first-order valence-corrected chi connectivity index (χ1v) is 18.4. The highest BCUT2D eigenvalue weighted by Gasteiger charge is 2.11. The van der Waals surface area contributed by atoms with Gasteiger partial charge < -0.3 is 10.6 Å². The maximum Gasteiger partial charge on any atom is 0.229 e. The molecule has 0 aliphatic carbocycles. The number of unbranched alkanes of at least 4 members (excludes halogenated alkanes) is 3. The number of hydrogen-bond donors (Lipinski definition) is 2. The van der Waals surface area contributed by atoms with Gasteiger partial charge in [0.1, 0.15) is 0 Å². The molecule has 6 heteroatoms. The second-order valence-corrected chi connectivity index (χ2v) is 12.7. The number of aromatic nitrogens is 4. The zero-order valence-electron chi connectivity index (χ0n) is 31.6. The van der Waals surface area contributed by atoms with Gasteiger partial charge in [0.15, 0.2) is 5.82 Å². The minimum atomic E-state index is 0.478. The summed E-state index contributed by atoms with van der Waals surface area (Å²) in [5.41, 5.74) is 9.09. The first-order chi connectivity index (χ1) is 23.2. The standard InChI is InChI=1S/C31H39N5.C6H14.C5H11N/c1-9-12-22(5)23(6)24(7)29(19-21(4)10-2)27-13-15-28(16-14-27)33-31-32-18-17-30(34-31)36-20-26(11-3)25(8)35-36;1-3-5-6-4-2;1-2-4-6-5-3-1/h9,12-21H,5,10-11H2,1-4,6-8H3,(H,32,33,34);3-6H2,1-2H3;6H,1-5H2/b12-9-,24-23+,29-19+;;. The highest BCUT2D eigenvalue weighted by molar-refractivity contribution is 5.81. The Labute approximate surface area is 293 Å². The van der Waals surface area contributed by atoms with Crippen LogP contribution in [0.15, 0.2) is 84.3 Å². The molecule has 0 bridgehead atoms. The van der Waals surface area contributed by atoms with Crippen LogP contribution in [0.4, 0.5) is 11.6 Å². The first-order valence-electron chi connectivity index (χ1n) is 18.4. The third-order valence-electron chi connectivity index (χ3n) is 8.78. The molecule has 6 nitrogen and oxygen atoms in total. The molecule has 48 heavy (non-hydrogen) atoms. The van der Waals surface area contributed by atoms with E-state index in [0.717, 1.165) is 35.6 Å². The highest BCUT2D eigenvalue weighted by atomic mass is 15.3. The lowest BCUT2D eigenvalue weighted by molar-refractivity contribution is 0.520. The topological polar surface area (TPSA) is 67.7 Å². The molecule has 1 aliphatic rings. The highest BCUT2D eigenvalue weighted by Crippen LogP contribution is 2.31. The molecule has 1 aliphatic heterocycles. The van der Waals surface area contributed by atoms with Crippen LogP contribution in [0.1, 0.15) is 124 Å². The fourth-order valence-electron chi connectivity index (χ4n) is 5.27. The number of allylic oxidation sites excluding steroid dienone is 7. The van der Waals surface area contributed by atoms with Gasteiger partial charge in [-0.05, 0) is 112 Å². The lowest BCUT2D eigenvalue weighted by Gasteiger charge is -2.16. The maximum atomic E-state index is 4.67. The Morgan fingerprint density at radius 2 is 1.65 bits per heavy atom. The molecule has 4 rings (SSSR count). The summed E-state index contributed by atoms with van der Waals surface area (Å²) in [5, 5.41) is 11.2. The van der Waals surface area contributed by atoms with Crippen molar-refractivity contribution < 1.29 is 0 Å². The van der Waals surface area contributed by atoms with E-state index in [1.165, 1.54) is 85.9 Å². The van der Waals surface area contributed by atoms with E-state index in [2.05, 4.69) is 117 Å². The van der Waals surface area contributed by atoms with Gasteiger partial charge >= 0.3 is 0 Å². The second kappa shape index (κ2) is 22.7. The Balaban J connectivity index is 0.000000560. The van der Waals surface area contributed by atoms with E-state index in [4.69, 9.17) is 0 Å². The maximum absolute atomic E-state index is 4.67. The van der Waals surface area contributed by atoms with E-state index in [1.54, 1.807) is 6.20 Å². The zero-order valence-corrected chi connectivity index (χ0v) is 31.6. The minimum absolute atomic E-state index is 0.478. The van der Waals surface area contributed by atoms with Crippen molar-refractivity contribution in [2.75, 3.05) is 18.4 Å². The molecule has 0 radical (unpaired) electrons. The third-order valence-corrected chi connectivity index (χ3v) is 8.78. The van der Waals surface area contributed by atoms with Gasteiger partial charge in [-0.25, -0.2) is 9.67 Å². The predicted molar refractivity (Wildman–Crippen MR) is 209 cm³/mol. The Morgan fingerprint density at radius 1 is 0.979 bits per heavy atom. The first kappa shape index (κ1) is 40.4. The molecule has 1 saturated heterocycles. The summed E-state index contributed by atoms with van der Waals surface area (Å²) in [7, 11) is 0. The number of rotatable bonds is 13. The lowest BCUT2D eigenvalue weighted by atomic mass is 9.89. The van der Waals surface area contributed by atoms with Crippen LogP contribution in [0.25, 0.3) is 11.4 Å². The SMILES string of the molecule is C1CCNCC1.C=C(/C=C\C)/C(C)=C(C)/C(=C\C(C)CC)c1ccc(Nc2nccc(-n3cc(CC)c(C)n3)n2)cc1.CCCCCC. The Kier molecular flexibility index (Phi) is 19.1. The van der Waals surface area contributed by atoms with Crippen LogP contribution in [0.2, 0.25) is 0 Å². The molecule has 3 aromatic rings. The molecule has 1 unspecified atom stereocenters. The van der Waals surface area contributed by atoms with Crippen molar-refractivity contribution in [3.05, 3.63) is 101 Å². The molecule has 1 aromatic carbocycles. The van der Waals surface area contributed by atoms with Gasteiger partial charge in [-0.15, -0.1) is 0 Å². The van der Waals surface area contributed by atoms with Crippen molar-refractivity contribution in [2.24, 2.45) is 5.92 Å². The summed E-state index contributed by atoms with van der Waals surface area (Å²) in [5.74, 6) is 1.76. The average Bonchev–Trinajstić information content (AvgIpc) is 3.51. The van der Waals surface area contributed by atoms with Crippen LogP contribution in [-0.2, 0) is 6.42 Å². The van der Waals surface area contributed by atoms with Crippen LogP contribution in [0.5, 0.6) is 0 Å². The smallest absolute Gasteiger partial charge is 0.229 e. The molecular formula is C42H64N6. The number of nitrogens with zero attached hydrogens (tertiary/aromatic N) is 4. The van der Waals surface area contributed by atoms with Gasteiger partial charge in [-0.3, -0.25) is 0 Å². The van der Waals surface area contributed by atoms with Crippen LogP contribution in [0.3, 0.4) is 0 Å². The number of nitrogens with one attached hydrogen (secondary N) is 2. The van der Waals surface area contributed by atoms with E-state index >= 15 is 0 Å². The summed E-state index contributed by atoms with van der Waals surface area (Å²) < 4.78 is 1.81. The average molecular weight is 653 g/mol. The van der Waals surface area contributed by atoms with E-state index < -0.39 is 0 Å². The van der Waals surface area contributed by atoms with Crippen LogP contribution in [0, 0.1) is 12.8 Å². The lowest BCUT2D eigenvalue weighted by Crippen LogP contribution is -2.21. The fourth-order valence-corrected chi connectivity index (χ4v) is 5.27. The van der Waals surface area contributed by atoms with Crippen molar-refractivity contribution in [1.29, 1.82) is 0 Å². The van der Waals surface area contributed by atoms with Gasteiger partial charge in [0.25, 0.3) is 0 Å². The van der Waals surface area contributed by atoms with Crippen molar-refractivity contribution in [2.45, 2.75) is 120 Å². The van der Waals surface area contributed by atoms with Gasteiger partial charge in [-0.1, -0.05) is 110 Å². The predicted octanol–water partition coefficient (Wildman–Crippen LogP) is 11.5. The van der Waals surface area contributed by atoms with Crippen LogP contribution in [-0.4, -0.2) is 32.8 Å². The molecule has 0 amide bonds. The normalized spacial score (nSPS) is 14.3.